The maximum Gasteiger partial charge on any atom is 0.407 e. The van der Waals surface area contributed by atoms with Crippen molar-refractivity contribution in [2.24, 2.45) is 13.0 Å². The first-order valence-corrected chi connectivity index (χ1v) is 14.0. The van der Waals surface area contributed by atoms with E-state index < -0.39 is 6.09 Å². The second kappa shape index (κ2) is 12.8. The van der Waals surface area contributed by atoms with Crippen molar-refractivity contribution in [3.8, 4) is 0 Å². The number of para-hydroxylation sites is 1. The number of amides is 1. The van der Waals surface area contributed by atoms with Gasteiger partial charge in [0.1, 0.15) is 6.61 Å². The number of fused-ring (bicyclic) bond motifs is 1. The number of piperidine rings is 1. The first kappa shape index (κ1) is 27.5. The Morgan fingerprint density at radius 2 is 1.55 bits per heavy atom. The zero-order valence-corrected chi connectivity index (χ0v) is 23.2. The predicted octanol–water partition coefficient (Wildman–Crippen LogP) is 6.10. The topological polar surface area (TPSA) is 72.8 Å². The number of alkyl carbamates (subject to hydrolysis) is 1. The number of carbonyl (C=O) groups is 2. The van der Waals surface area contributed by atoms with Crippen molar-refractivity contribution >= 4 is 23.0 Å². The van der Waals surface area contributed by atoms with Crippen molar-refractivity contribution < 1.29 is 19.1 Å². The number of ether oxygens (including phenoxy) is 2. The number of carbonyl (C=O) groups excluding carboxylic acids is 2. The van der Waals surface area contributed by atoms with Gasteiger partial charge >= 0.3 is 12.1 Å². The molecule has 7 nitrogen and oxygen atoms in total. The van der Waals surface area contributed by atoms with Crippen LogP contribution in [-0.4, -0.2) is 47.3 Å². The van der Waals surface area contributed by atoms with Gasteiger partial charge in [-0.25, -0.2) is 9.59 Å². The second-order valence-electron chi connectivity index (χ2n) is 10.6. The first-order chi connectivity index (χ1) is 19.5. The summed E-state index contributed by atoms with van der Waals surface area (Å²) in [5.41, 5.74) is 3.73. The summed E-state index contributed by atoms with van der Waals surface area (Å²) in [6, 6.07) is 27.7. The molecule has 0 saturated carbocycles. The molecular weight excluding hydrogens is 502 g/mol. The highest BCUT2D eigenvalue weighted by atomic mass is 16.5. The van der Waals surface area contributed by atoms with Crippen LogP contribution in [0.25, 0.3) is 10.9 Å². The molecule has 1 aliphatic rings. The van der Waals surface area contributed by atoms with Crippen LogP contribution in [0.2, 0.25) is 0 Å². The minimum Gasteiger partial charge on any atom is -0.462 e. The third-order valence-corrected chi connectivity index (χ3v) is 7.78. The number of benzene rings is 3. The predicted molar refractivity (Wildman–Crippen MR) is 156 cm³/mol. The summed E-state index contributed by atoms with van der Waals surface area (Å²) >= 11 is 0. The molecule has 0 spiro atoms. The molecule has 1 saturated heterocycles. The number of hydrogen-bond donors (Lipinski definition) is 1. The van der Waals surface area contributed by atoms with Crippen LogP contribution in [-0.2, 0) is 23.1 Å². The molecule has 0 bridgehead atoms. The first-order valence-electron chi connectivity index (χ1n) is 14.0. The standard InChI is InChI=1S/C33H37N3O4/c1-24(34-33(38)40-23-25-11-5-3-6-12-25)31(27-13-7-4-8-14-27)36-19-17-26(18-20-36)22-39-32(37)29-21-35(2)30-16-10-9-15-28(29)30/h3-16,21,24,26,31H,17-20,22-23H2,1-2H3,(H,34,38)/t24?,31-/m1/s1. The Labute approximate surface area is 235 Å². The van der Waals surface area contributed by atoms with E-state index in [0.29, 0.717) is 18.1 Å². The summed E-state index contributed by atoms with van der Waals surface area (Å²) in [6.45, 7) is 4.37. The lowest BCUT2D eigenvalue weighted by atomic mass is 9.92. The molecule has 1 aliphatic heterocycles. The van der Waals surface area contributed by atoms with Crippen molar-refractivity contribution in [2.45, 2.75) is 38.5 Å². The fourth-order valence-electron chi connectivity index (χ4n) is 5.67. The van der Waals surface area contributed by atoms with Crippen molar-refractivity contribution in [1.82, 2.24) is 14.8 Å². The Balaban J connectivity index is 1.16. The SMILES string of the molecule is CC(NC(=O)OCc1ccccc1)[C@H](c1ccccc1)N1CCC(COC(=O)c2cn(C)c3ccccc23)CC1. The van der Waals surface area contributed by atoms with Crippen LogP contribution in [0.1, 0.15) is 47.3 Å². The third kappa shape index (κ3) is 6.54. The Kier molecular flexibility index (Phi) is 8.81. The lowest BCUT2D eigenvalue weighted by Crippen LogP contribution is -2.47. The van der Waals surface area contributed by atoms with Gasteiger partial charge in [0, 0.05) is 30.2 Å². The van der Waals surface area contributed by atoms with Crippen LogP contribution >= 0.6 is 0 Å². The molecule has 0 aliphatic carbocycles. The Morgan fingerprint density at radius 1 is 0.900 bits per heavy atom. The molecular formula is C33H37N3O4. The van der Waals surface area contributed by atoms with Crippen LogP contribution in [0.5, 0.6) is 0 Å². The lowest BCUT2D eigenvalue weighted by Gasteiger charge is -2.40. The molecule has 1 N–H and O–H groups in total. The molecule has 2 heterocycles. The van der Waals surface area contributed by atoms with Gasteiger partial charge in [0.15, 0.2) is 0 Å². The maximum absolute atomic E-state index is 12.9. The highest BCUT2D eigenvalue weighted by Gasteiger charge is 2.31. The number of nitrogens with zero attached hydrogens (tertiary/aromatic N) is 2. The molecule has 4 aromatic rings. The lowest BCUT2D eigenvalue weighted by molar-refractivity contribution is 0.0327. The summed E-state index contributed by atoms with van der Waals surface area (Å²) in [5, 5.41) is 3.97. The van der Waals surface area contributed by atoms with Crippen LogP contribution < -0.4 is 5.32 Å². The van der Waals surface area contributed by atoms with Crippen LogP contribution in [0, 0.1) is 5.92 Å². The van der Waals surface area contributed by atoms with Gasteiger partial charge in [-0.2, -0.15) is 0 Å². The van der Waals surface area contributed by atoms with Gasteiger partial charge in [-0.15, -0.1) is 0 Å². The number of hydrogen-bond acceptors (Lipinski definition) is 5. The fraction of sp³-hybridized carbons (Fsp3) is 0.333. The van der Waals surface area contributed by atoms with Gasteiger partial charge < -0.3 is 19.4 Å². The molecule has 1 fully saturated rings. The molecule has 208 valence electrons. The molecule has 1 aromatic heterocycles. The van der Waals surface area contributed by atoms with Gasteiger partial charge in [-0.1, -0.05) is 78.9 Å². The zero-order chi connectivity index (χ0) is 27.9. The van der Waals surface area contributed by atoms with E-state index in [2.05, 4.69) is 22.3 Å². The highest BCUT2D eigenvalue weighted by molar-refractivity contribution is 6.04. The average Bonchev–Trinajstić information content (AvgIpc) is 3.33. The Bertz CT molecular complexity index is 1410. The average molecular weight is 540 g/mol. The van der Waals surface area contributed by atoms with E-state index in [0.717, 1.165) is 48.0 Å². The van der Waals surface area contributed by atoms with Gasteiger partial charge in [0.25, 0.3) is 0 Å². The minimum atomic E-state index is -0.424. The van der Waals surface area contributed by atoms with Crippen molar-refractivity contribution in [2.75, 3.05) is 19.7 Å². The van der Waals surface area contributed by atoms with E-state index in [1.807, 2.05) is 97.5 Å². The zero-order valence-electron chi connectivity index (χ0n) is 23.2. The molecule has 1 unspecified atom stereocenters. The molecule has 40 heavy (non-hydrogen) atoms. The Hall–Kier alpha value is -4.10. The number of nitrogens with one attached hydrogen (secondary N) is 1. The molecule has 3 aromatic carbocycles. The summed E-state index contributed by atoms with van der Waals surface area (Å²) in [4.78, 5) is 28.0. The van der Waals surface area contributed by atoms with Crippen LogP contribution in [0.4, 0.5) is 4.79 Å². The monoisotopic (exact) mass is 539 g/mol. The summed E-state index contributed by atoms with van der Waals surface area (Å²) in [5.74, 6) is 0.0268. The molecule has 7 heteroatoms. The second-order valence-corrected chi connectivity index (χ2v) is 10.6. The quantitative estimate of drug-likeness (QED) is 0.260. The number of aryl methyl sites for hydroxylation is 1. The molecule has 0 radical (unpaired) electrons. The van der Waals surface area contributed by atoms with E-state index in [1.54, 1.807) is 0 Å². The van der Waals surface area contributed by atoms with Gasteiger partial charge in [-0.3, -0.25) is 4.90 Å². The molecule has 5 rings (SSSR count). The van der Waals surface area contributed by atoms with Gasteiger partial charge in [0.2, 0.25) is 0 Å². The number of rotatable bonds is 9. The van der Waals surface area contributed by atoms with Gasteiger partial charge in [-0.05, 0) is 56.0 Å². The smallest absolute Gasteiger partial charge is 0.407 e. The number of esters is 1. The third-order valence-electron chi connectivity index (χ3n) is 7.78. The van der Waals surface area contributed by atoms with E-state index >= 15 is 0 Å². The van der Waals surface area contributed by atoms with E-state index in [9.17, 15) is 9.59 Å². The Morgan fingerprint density at radius 3 is 2.27 bits per heavy atom. The largest absolute Gasteiger partial charge is 0.462 e. The van der Waals surface area contributed by atoms with E-state index in [1.165, 1.54) is 0 Å². The normalized spacial score (nSPS) is 15.8. The van der Waals surface area contributed by atoms with Crippen molar-refractivity contribution in [3.63, 3.8) is 0 Å². The van der Waals surface area contributed by atoms with E-state index in [4.69, 9.17) is 9.47 Å². The van der Waals surface area contributed by atoms with Crippen LogP contribution in [0.3, 0.4) is 0 Å². The summed E-state index contributed by atoms with van der Waals surface area (Å²) < 4.78 is 13.2. The summed E-state index contributed by atoms with van der Waals surface area (Å²) in [7, 11) is 1.94. The fourth-order valence-corrected chi connectivity index (χ4v) is 5.67. The number of likely N-dealkylation sites (tertiary alicyclic amines) is 1. The van der Waals surface area contributed by atoms with Gasteiger partial charge in [0.05, 0.1) is 18.2 Å². The molecule has 2 atom stereocenters. The highest BCUT2D eigenvalue weighted by Crippen LogP contribution is 2.30. The maximum atomic E-state index is 12.9. The van der Waals surface area contributed by atoms with Crippen LogP contribution in [0.15, 0.2) is 91.1 Å². The van der Waals surface area contributed by atoms with Crippen molar-refractivity contribution in [1.29, 1.82) is 0 Å². The minimum absolute atomic E-state index is 0.00431. The molecule has 1 amide bonds. The summed E-state index contributed by atoms with van der Waals surface area (Å²) in [6.07, 6.45) is 3.25. The number of aromatic nitrogens is 1. The van der Waals surface area contributed by atoms with Crippen molar-refractivity contribution in [3.05, 3.63) is 108 Å². The van der Waals surface area contributed by atoms with E-state index in [-0.39, 0.29) is 24.7 Å².